The van der Waals surface area contributed by atoms with Crippen LogP contribution in [0.3, 0.4) is 0 Å². The van der Waals surface area contributed by atoms with Gasteiger partial charge in [0, 0.05) is 28.5 Å². The highest BCUT2D eigenvalue weighted by molar-refractivity contribution is 6.38. The number of nitrogens with one attached hydrogen (secondary N) is 2. The maximum atomic E-state index is 11.9. The number of fused-ring (bicyclic) bond motifs is 1. The molecule has 0 saturated carbocycles. The number of methoxy groups -OCH3 is 2. The number of benzene rings is 2. The molecule has 1 heterocycles. The van der Waals surface area contributed by atoms with E-state index in [2.05, 4.69) is 22.1 Å². The Labute approximate surface area is 202 Å². The van der Waals surface area contributed by atoms with Crippen molar-refractivity contribution < 1.29 is 14.3 Å². The molecule has 1 aliphatic carbocycles. The van der Waals surface area contributed by atoms with Gasteiger partial charge in [-0.05, 0) is 50.3 Å². The summed E-state index contributed by atoms with van der Waals surface area (Å²) >= 11 is 13.3. The van der Waals surface area contributed by atoms with Gasteiger partial charge >= 0.3 is 0 Å². The van der Waals surface area contributed by atoms with Crippen molar-refractivity contribution in [3.8, 4) is 22.8 Å². The molecule has 4 rings (SSSR count). The van der Waals surface area contributed by atoms with Gasteiger partial charge in [0.2, 0.25) is 5.91 Å². The highest BCUT2D eigenvalue weighted by Gasteiger charge is 2.31. The molecule has 0 radical (unpaired) electrons. The first-order valence-corrected chi connectivity index (χ1v) is 11.3. The number of aryl methyl sites for hydroxylation is 1. The van der Waals surface area contributed by atoms with Crippen molar-refractivity contribution in [2.75, 3.05) is 19.5 Å². The number of nitrogens with zero attached hydrogens (tertiary/aromatic N) is 1. The van der Waals surface area contributed by atoms with E-state index in [4.69, 9.17) is 32.7 Å². The van der Waals surface area contributed by atoms with E-state index in [0.717, 1.165) is 46.5 Å². The molecular weight excluding hydrogens is 461 g/mol. The number of hydrogen-bond acceptors (Lipinski definition) is 4. The molecule has 1 atom stereocenters. The van der Waals surface area contributed by atoms with Crippen LogP contribution in [0.2, 0.25) is 10.0 Å². The van der Waals surface area contributed by atoms with E-state index in [0.29, 0.717) is 33.7 Å². The van der Waals surface area contributed by atoms with Gasteiger partial charge in [-0.3, -0.25) is 9.89 Å². The molecule has 1 amide bonds. The van der Waals surface area contributed by atoms with Crippen molar-refractivity contribution in [1.29, 1.82) is 0 Å². The van der Waals surface area contributed by atoms with Crippen molar-refractivity contribution in [1.82, 2.24) is 10.2 Å². The zero-order valence-corrected chi connectivity index (χ0v) is 20.2. The average Bonchev–Trinajstić information content (AvgIpc) is 3.23. The third-order valence-corrected chi connectivity index (χ3v) is 6.82. The summed E-state index contributed by atoms with van der Waals surface area (Å²) < 4.78 is 10.9. The van der Waals surface area contributed by atoms with Crippen LogP contribution in [0, 0.1) is 6.92 Å². The number of hydrogen-bond donors (Lipinski definition) is 2. The lowest BCUT2D eigenvalue weighted by Crippen LogP contribution is -2.14. The molecular formula is C25H25Cl2N3O3. The Balaban J connectivity index is 1.72. The number of carbonyl (C=O) groups is 1. The number of aromatic amines is 1. The van der Waals surface area contributed by atoms with Crippen molar-refractivity contribution in [2.24, 2.45) is 0 Å². The minimum atomic E-state index is -0.263. The predicted molar refractivity (Wildman–Crippen MR) is 132 cm³/mol. The Bertz CT molecular complexity index is 1210. The van der Waals surface area contributed by atoms with Gasteiger partial charge in [-0.25, -0.2) is 0 Å². The molecule has 1 unspecified atom stereocenters. The number of aromatic nitrogens is 2. The quantitative estimate of drug-likeness (QED) is 0.413. The molecule has 1 aliphatic rings. The lowest BCUT2D eigenvalue weighted by Gasteiger charge is -2.26. The van der Waals surface area contributed by atoms with Crippen molar-refractivity contribution in [2.45, 2.75) is 32.1 Å². The van der Waals surface area contributed by atoms with E-state index < -0.39 is 0 Å². The molecule has 0 bridgehead atoms. The van der Waals surface area contributed by atoms with Gasteiger partial charge in [-0.2, -0.15) is 5.10 Å². The molecule has 8 heteroatoms. The van der Waals surface area contributed by atoms with Gasteiger partial charge in [0.15, 0.2) is 0 Å². The smallest absolute Gasteiger partial charge is 0.247 e. The molecule has 172 valence electrons. The van der Waals surface area contributed by atoms with Crippen LogP contribution in [0.5, 0.6) is 11.5 Å². The van der Waals surface area contributed by atoms with E-state index in [1.165, 1.54) is 6.08 Å². The molecule has 0 saturated heterocycles. The van der Waals surface area contributed by atoms with Crippen molar-refractivity contribution in [3.05, 3.63) is 69.3 Å². The van der Waals surface area contributed by atoms with E-state index in [9.17, 15) is 4.79 Å². The Morgan fingerprint density at radius 2 is 1.91 bits per heavy atom. The molecule has 33 heavy (non-hydrogen) atoms. The minimum Gasteiger partial charge on any atom is -0.495 e. The van der Waals surface area contributed by atoms with Gasteiger partial charge in [-0.15, -0.1) is 0 Å². The molecule has 6 nitrogen and oxygen atoms in total. The average molecular weight is 486 g/mol. The Hall–Kier alpha value is -2.96. The fourth-order valence-corrected chi connectivity index (χ4v) is 5.19. The topological polar surface area (TPSA) is 76.2 Å². The number of halogens is 2. The largest absolute Gasteiger partial charge is 0.495 e. The summed E-state index contributed by atoms with van der Waals surface area (Å²) in [4.78, 5) is 11.9. The third-order valence-electron chi connectivity index (χ3n) is 6.04. The van der Waals surface area contributed by atoms with E-state index in [1.807, 2.05) is 25.1 Å². The molecule has 0 spiro atoms. The van der Waals surface area contributed by atoms with Gasteiger partial charge in [0.05, 0.1) is 35.6 Å². The molecule has 1 aromatic heterocycles. The second-order valence-electron chi connectivity index (χ2n) is 8.03. The lowest BCUT2D eigenvalue weighted by atomic mass is 9.81. The van der Waals surface area contributed by atoms with Crippen LogP contribution in [-0.4, -0.2) is 30.3 Å². The second-order valence-corrected chi connectivity index (χ2v) is 8.79. The molecule has 3 aromatic rings. The van der Waals surface area contributed by atoms with Crippen LogP contribution >= 0.6 is 23.2 Å². The van der Waals surface area contributed by atoms with Gasteiger partial charge in [0.25, 0.3) is 0 Å². The molecule has 2 N–H and O–H groups in total. The van der Waals surface area contributed by atoms with Crippen LogP contribution in [0.15, 0.2) is 36.9 Å². The summed E-state index contributed by atoms with van der Waals surface area (Å²) in [5.74, 6) is 0.880. The van der Waals surface area contributed by atoms with Gasteiger partial charge in [-0.1, -0.05) is 41.4 Å². The summed E-state index contributed by atoms with van der Waals surface area (Å²) in [7, 11) is 3.14. The number of amides is 1. The SMILES string of the molecule is C=CC(=O)Nc1ccc(C)cc1-c1n[nH]c2c1CCC(c1c(Cl)c(OC)cc(OC)c1Cl)C2. The fourth-order valence-electron chi connectivity index (χ4n) is 4.39. The van der Waals surface area contributed by atoms with E-state index >= 15 is 0 Å². The first-order chi connectivity index (χ1) is 15.9. The fraction of sp³-hybridized carbons (Fsp3) is 0.280. The monoisotopic (exact) mass is 485 g/mol. The number of ether oxygens (including phenoxy) is 2. The summed E-state index contributed by atoms with van der Waals surface area (Å²) in [6, 6.07) is 7.58. The lowest BCUT2D eigenvalue weighted by molar-refractivity contribution is -0.111. The number of rotatable bonds is 6. The van der Waals surface area contributed by atoms with Crippen molar-refractivity contribution in [3.63, 3.8) is 0 Å². The molecule has 0 fully saturated rings. The Morgan fingerprint density at radius 3 is 2.55 bits per heavy atom. The predicted octanol–water partition coefficient (Wildman–Crippen LogP) is 6.11. The molecule has 0 aliphatic heterocycles. The van der Waals surface area contributed by atoms with E-state index in [1.54, 1.807) is 20.3 Å². The number of anilines is 1. The normalized spacial score (nSPS) is 15.0. The van der Waals surface area contributed by atoms with Crippen LogP contribution < -0.4 is 14.8 Å². The summed E-state index contributed by atoms with van der Waals surface area (Å²) in [6.45, 7) is 5.55. The van der Waals surface area contributed by atoms with E-state index in [-0.39, 0.29) is 11.8 Å². The zero-order valence-electron chi connectivity index (χ0n) is 18.7. The first-order valence-electron chi connectivity index (χ1n) is 10.6. The summed E-state index contributed by atoms with van der Waals surface area (Å²) in [6.07, 6.45) is 3.55. The van der Waals surface area contributed by atoms with Gasteiger partial charge < -0.3 is 14.8 Å². The Kier molecular flexibility index (Phi) is 6.68. The maximum Gasteiger partial charge on any atom is 0.247 e. The highest BCUT2D eigenvalue weighted by Crippen LogP contribution is 2.48. The van der Waals surface area contributed by atoms with Gasteiger partial charge in [0.1, 0.15) is 11.5 Å². The third kappa shape index (κ3) is 4.33. The van der Waals surface area contributed by atoms with Crippen molar-refractivity contribution >= 4 is 34.8 Å². The minimum absolute atomic E-state index is 0.0762. The van der Waals surface area contributed by atoms with Crippen LogP contribution in [-0.2, 0) is 17.6 Å². The highest BCUT2D eigenvalue weighted by atomic mass is 35.5. The zero-order chi connectivity index (χ0) is 23.7. The standard InChI is InChI=1S/C25H25Cl2N3O3/c1-5-21(31)28-17-9-6-13(2)10-16(17)25-15-8-7-14(11-18(15)29-30-25)22-23(26)19(32-3)12-20(33-4)24(22)27/h5-6,9-10,12,14H,1,7-8,11H2,2-4H3,(H,28,31)(H,29,30). The second kappa shape index (κ2) is 9.49. The Morgan fingerprint density at radius 1 is 1.21 bits per heavy atom. The van der Waals surface area contributed by atoms with Crippen LogP contribution in [0.1, 0.15) is 34.7 Å². The van der Waals surface area contributed by atoms with Crippen LogP contribution in [0.4, 0.5) is 5.69 Å². The summed E-state index contributed by atoms with van der Waals surface area (Å²) in [5.41, 5.74) is 6.48. The maximum absolute atomic E-state index is 11.9. The summed E-state index contributed by atoms with van der Waals surface area (Å²) in [5, 5.41) is 11.7. The number of H-pyrrole nitrogens is 1. The number of carbonyl (C=O) groups excluding carboxylic acids is 1. The van der Waals surface area contributed by atoms with Crippen LogP contribution in [0.25, 0.3) is 11.3 Å². The molecule has 2 aromatic carbocycles. The first kappa shape index (κ1) is 23.2.